The first kappa shape index (κ1) is 12.9. The van der Waals surface area contributed by atoms with E-state index in [4.69, 9.17) is 29.6 Å². The summed E-state index contributed by atoms with van der Waals surface area (Å²) in [7, 11) is 0. The summed E-state index contributed by atoms with van der Waals surface area (Å²) in [6, 6.07) is 5.35. The summed E-state index contributed by atoms with van der Waals surface area (Å²) >= 11 is 11.0. The van der Waals surface area contributed by atoms with Crippen molar-refractivity contribution in [2.24, 2.45) is 5.73 Å². The number of halogens is 1. The van der Waals surface area contributed by atoms with Crippen LogP contribution in [0, 0.1) is 0 Å². The van der Waals surface area contributed by atoms with E-state index in [9.17, 15) is 0 Å². The number of aromatic nitrogens is 2. The third-order valence-corrected chi connectivity index (χ3v) is 2.94. The summed E-state index contributed by atoms with van der Waals surface area (Å²) < 4.78 is 1.83. The lowest BCUT2D eigenvalue weighted by molar-refractivity contribution is 0.660. The Balaban J connectivity index is 2.32. The molecule has 0 spiro atoms. The van der Waals surface area contributed by atoms with Crippen molar-refractivity contribution in [3.63, 3.8) is 0 Å². The molecule has 94 valence electrons. The molecule has 1 aromatic heterocycles. The molecule has 2 aromatic rings. The van der Waals surface area contributed by atoms with E-state index < -0.39 is 0 Å². The fourth-order valence-electron chi connectivity index (χ4n) is 1.59. The highest BCUT2D eigenvalue weighted by molar-refractivity contribution is 7.80. The lowest BCUT2D eigenvalue weighted by Crippen LogP contribution is -2.11. The predicted molar refractivity (Wildman–Crippen MR) is 78.5 cm³/mol. The molecule has 1 heterocycles. The normalized spacial score (nSPS) is 10.3. The van der Waals surface area contributed by atoms with Gasteiger partial charge in [0.05, 0.1) is 17.6 Å². The van der Waals surface area contributed by atoms with Crippen LogP contribution >= 0.6 is 23.8 Å². The quantitative estimate of drug-likeness (QED) is 0.846. The highest BCUT2D eigenvalue weighted by atomic mass is 35.5. The molecule has 0 saturated carbocycles. The van der Waals surface area contributed by atoms with Gasteiger partial charge in [-0.15, -0.1) is 0 Å². The molecule has 0 saturated heterocycles. The van der Waals surface area contributed by atoms with Crippen molar-refractivity contribution in [1.29, 1.82) is 0 Å². The van der Waals surface area contributed by atoms with Crippen molar-refractivity contribution in [2.75, 3.05) is 5.32 Å². The molecule has 0 amide bonds. The summed E-state index contributed by atoms with van der Waals surface area (Å²) in [6.07, 6.45) is 3.65. The van der Waals surface area contributed by atoms with Crippen molar-refractivity contribution >= 4 is 40.2 Å². The molecule has 2 rings (SSSR count). The van der Waals surface area contributed by atoms with Crippen LogP contribution in [-0.2, 0) is 6.54 Å². The van der Waals surface area contributed by atoms with E-state index in [1.54, 1.807) is 24.4 Å². The van der Waals surface area contributed by atoms with E-state index in [1.807, 2.05) is 17.8 Å². The Kier molecular flexibility index (Phi) is 3.84. The standard InChI is InChI=1S/C12H13ClN4S/c1-2-17-7-9(6-15-17)16-11-5-8(13)3-4-10(11)12(14)18/h3-7,16H,2H2,1H3,(H2,14,18). The zero-order valence-corrected chi connectivity index (χ0v) is 11.4. The zero-order valence-electron chi connectivity index (χ0n) is 9.85. The lowest BCUT2D eigenvalue weighted by atomic mass is 10.1. The SMILES string of the molecule is CCn1cc(Nc2cc(Cl)ccc2C(N)=S)cn1. The van der Waals surface area contributed by atoms with Crippen LogP contribution in [0.4, 0.5) is 11.4 Å². The Hall–Kier alpha value is -1.59. The Bertz CT molecular complexity index is 579. The molecule has 4 nitrogen and oxygen atoms in total. The van der Waals surface area contributed by atoms with Crippen LogP contribution in [0.3, 0.4) is 0 Å². The van der Waals surface area contributed by atoms with E-state index in [0.29, 0.717) is 10.0 Å². The molecule has 0 bridgehead atoms. The number of aryl methyl sites for hydroxylation is 1. The molecule has 0 aliphatic rings. The average Bonchev–Trinajstić information content (AvgIpc) is 2.76. The average molecular weight is 281 g/mol. The van der Waals surface area contributed by atoms with Gasteiger partial charge >= 0.3 is 0 Å². The Labute approximate surface area is 116 Å². The Morgan fingerprint density at radius 3 is 2.94 bits per heavy atom. The van der Waals surface area contributed by atoms with Crippen molar-refractivity contribution in [3.05, 3.63) is 41.2 Å². The highest BCUT2D eigenvalue weighted by Crippen LogP contribution is 2.24. The molecule has 0 fully saturated rings. The second kappa shape index (κ2) is 5.37. The third kappa shape index (κ3) is 2.80. The van der Waals surface area contributed by atoms with Crippen LogP contribution in [0.5, 0.6) is 0 Å². The highest BCUT2D eigenvalue weighted by Gasteiger charge is 2.07. The minimum Gasteiger partial charge on any atom is -0.389 e. The van der Waals surface area contributed by atoms with Gasteiger partial charge in [-0.05, 0) is 25.1 Å². The molecule has 0 radical (unpaired) electrons. The summed E-state index contributed by atoms with van der Waals surface area (Å²) in [5, 5.41) is 8.02. The second-order valence-corrected chi connectivity index (χ2v) is 4.64. The van der Waals surface area contributed by atoms with Gasteiger partial charge in [0.25, 0.3) is 0 Å². The summed E-state index contributed by atoms with van der Waals surface area (Å²) in [4.78, 5) is 0.331. The molecule has 6 heteroatoms. The summed E-state index contributed by atoms with van der Waals surface area (Å²) in [5.41, 5.74) is 8.09. The topological polar surface area (TPSA) is 55.9 Å². The first-order valence-electron chi connectivity index (χ1n) is 5.49. The van der Waals surface area contributed by atoms with E-state index in [0.717, 1.165) is 23.5 Å². The number of benzene rings is 1. The van der Waals surface area contributed by atoms with Crippen LogP contribution in [0.15, 0.2) is 30.6 Å². The number of hydrogen-bond acceptors (Lipinski definition) is 3. The fraction of sp³-hybridized carbons (Fsp3) is 0.167. The van der Waals surface area contributed by atoms with Crippen molar-refractivity contribution < 1.29 is 0 Å². The third-order valence-electron chi connectivity index (χ3n) is 2.48. The van der Waals surface area contributed by atoms with Crippen LogP contribution in [0.1, 0.15) is 12.5 Å². The minimum absolute atomic E-state index is 0.331. The fourth-order valence-corrected chi connectivity index (χ4v) is 1.94. The number of rotatable bonds is 4. The van der Waals surface area contributed by atoms with E-state index in [-0.39, 0.29) is 0 Å². The van der Waals surface area contributed by atoms with Gasteiger partial charge in [0.1, 0.15) is 4.99 Å². The number of nitrogens with zero attached hydrogens (tertiary/aromatic N) is 2. The Morgan fingerprint density at radius 1 is 1.56 bits per heavy atom. The molecule has 0 aliphatic heterocycles. The summed E-state index contributed by atoms with van der Waals surface area (Å²) in [5.74, 6) is 0. The molecule has 0 unspecified atom stereocenters. The van der Waals surface area contributed by atoms with E-state index in [1.165, 1.54) is 0 Å². The number of anilines is 2. The number of nitrogens with one attached hydrogen (secondary N) is 1. The van der Waals surface area contributed by atoms with Gasteiger partial charge in [-0.2, -0.15) is 5.10 Å². The molecule has 18 heavy (non-hydrogen) atoms. The van der Waals surface area contributed by atoms with Gasteiger partial charge < -0.3 is 11.1 Å². The minimum atomic E-state index is 0.331. The molecule has 3 N–H and O–H groups in total. The van der Waals surface area contributed by atoms with E-state index >= 15 is 0 Å². The monoisotopic (exact) mass is 280 g/mol. The molecular formula is C12H13ClN4S. The first-order valence-corrected chi connectivity index (χ1v) is 6.27. The van der Waals surface area contributed by atoms with Crippen LogP contribution < -0.4 is 11.1 Å². The van der Waals surface area contributed by atoms with Gasteiger partial charge in [-0.3, -0.25) is 4.68 Å². The smallest absolute Gasteiger partial charge is 0.106 e. The van der Waals surface area contributed by atoms with Gasteiger partial charge in [0.2, 0.25) is 0 Å². The molecular weight excluding hydrogens is 268 g/mol. The Morgan fingerprint density at radius 2 is 2.33 bits per heavy atom. The van der Waals surface area contributed by atoms with Crippen LogP contribution in [-0.4, -0.2) is 14.8 Å². The lowest BCUT2D eigenvalue weighted by Gasteiger charge is -2.09. The maximum atomic E-state index is 5.98. The van der Waals surface area contributed by atoms with Crippen molar-refractivity contribution in [1.82, 2.24) is 9.78 Å². The number of thiocarbonyl (C=S) groups is 1. The largest absolute Gasteiger partial charge is 0.389 e. The molecule has 0 atom stereocenters. The van der Waals surface area contributed by atoms with Crippen LogP contribution in [0.2, 0.25) is 5.02 Å². The number of hydrogen-bond donors (Lipinski definition) is 2. The van der Waals surface area contributed by atoms with Gasteiger partial charge in [0.15, 0.2) is 0 Å². The number of nitrogens with two attached hydrogens (primary N) is 1. The van der Waals surface area contributed by atoms with Crippen molar-refractivity contribution in [2.45, 2.75) is 13.5 Å². The summed E-state index contributed by atoms with van der Waals surface area (Å²) in [6.45, 7) is 2.84. The van der Waals surface area contributed by atoms with Crippen LogP contribution in [0.25, 0.3) is 0 Å². The molecule has 1 aromatic carbocycles. The van der Waals surface area contributed by atoms with Gasteiger partial charge in [-0.1, -0.05) is 23.8 Å². The predicted octanol–water partition coefficient (Wildman–Crippen LogP) is 2.93. The maximum absolute atomic E-state index is 5.98. The van der Waals surface area contributed by atoms with E-state index in [2.05, 4.69) is 10.4 Å². The van der Waals surface area contributed by atoms with Gasteiger partial charge in [-0.25, -0.2) is 0 Å². The molecule has 0 aliphatic carbocycles. The first-order chi connectivity index (χ1) is 8.60. The zero-order chi connectivity index (χ0) is 13.1. The van der Waals surface area contributed by atoms with Gasteiger partial charge in [0, 0.05) is 23.3 Å². The second-order valence-electron chi connectivity index (χ2n) is 3.76. The van der Waals surface area contributed by atoms with Crippen molar-refractivity contribution in [3.8, 4) is 0 Å². The maximum Gasteiger partial charge on any atom is 0.106 e.